The maximum absolute atomic E-state index is 11.2. The van der Waals surface area contributed by atoms with Crippen molar-refractivity contribution in [2.75, 3.05) is 14.2 Å². The van der Waals surface area contributed by atoms with E-state index >= 15 is 0 Å². The summed E-state index contributed by atoms with van der Waals surface area (Å²) in [6.07, 6.45) is 0. The zero-order valence-corrected chi connectivity index (χ0v) is 9.21. The quantitative estimate of drug-likeness (QED) is 0.520. The summed E-state index contributed by atoms with van der Waals surface area (Å²) in [5.41, 5.74) is -0.368. The first-order valence-corrected chi connectivity index (χ1v) is 4.25. The van der Waals surface area contributed by atoms with Crippen LogP contribution in [-0.4, -0.2) is 37.7 Å². The third-order valence-electron chi connectivity index (χ3n) is 1.45. The summed E-state index contributed by atoms with van der Waals surface area (Å²) < 4.78 is 8.96. The van der Waals surface area contributed by atoms with Gasteiger partial charge in [0.15, 0.2) is 0 Å². The normalized spacial score (nSPS) is 11.3. The first-order chi connectivity index (χ1) is 6.31. The fraction of sp³-hybridized carbons (Fsp3) is 0.778. The van der Waals surface area contributed by atoms with E-state index in [0.29, 0.717) is 0 Å². The van der Waals surface area contributed by atoms with E-state index in [1.807, 2.05) is 20.8 Å². The Labute approximate surface area is 83.8 Å². The molecule has 5 nitrogen and oxygen atoms in total. The summed E-state index contributed by atoms with van der Waals surface area (Å²) in [5.74, 6) is -1.29. The summed E-state index contributed by atoms with van der Waals surface area (Å²) in [7, 11) is 2.45. The van der Waals surface area contributed by atoms with Gasteiger partial charge in [0, 0.05) is 5.54 Å². The Balaban J connectivity index is 4.57. The molecule has 0 aliphatic carbocycles. The monoisotopic (exact) mass is 203 g/mol. The molecule has 0 atom stereocenters. The molecule has 0 saturated carbocycles. The van der Waals surface area contributed by atoms with Crippen molar-refractivity contribution >= 4 is 11.9 Å². The lowest BCUT2D eigenvalue weighted by atomic mass is 10.1. The summed E-state index contributed by atoms with van der Waals surface area (Å²) in [5, 5.41) is 2.81. The van der Waals surface area contributed by atoms with E-state index in [4.69, 9.17) is 0 Å². The molecule has 5 heteroatoms. The van der Waals surface area contributed by atoms with Crippen molar-refractivity contribution in [1.82, 2.24) is 5.32 Å². The van der Waals surface area contributed by atoms with Gasteiger partial charge in [0.1, 0.15) is 0 Å². The number of ether oxygens (including phenoxy) is 2. The van der Waals surface area contributed by atoms with Crippen molar-refractivity contribution in [2.45, 2.75) is 32.4 Å². The van der Waals surface area contributed by atoms with Gasteiger partial charge < -0.3 is 9.47 Å². The van der Waals surface area contributed by atoms with Gasteiger partial charge in [-0.25, -0.2) is 9.59 Å². The Hall–Kier alpha value is -1.10. The second kappa shape index (κ2) is 4.95. The average molecular weight is 203 g/mol. The highest BCUT2D eigenvalue weighted by molar-refractivity contribution is 5.99. The molecule has 0 aliphatic rings. The molecule has 0 radical (unpaired) electrons. The highest BCUT2D eigenvalue weighted by atomic mass is 16.5. The van der Waals surface area contributed by atoms with E-state index in [-0.39, 0.29) is 5.54 Å². The SMILES string of the molecule is COC(=O)C(NC(C)(C)C)C(=O)OC. The van der Waals surface area contributed by atoms with E-state index in [9.17, 15) is 9.59 Å². The number of rotatable bonds is 3. The number of nitrogens with one attached hydrogen (secondary N) is 1. The molecule has 0 amide bonds. The molecule has 0 heterocycles. The molecule has 1 N–H and O–H groups in total. The topological polar surface area (TPSA) is 64.6 Å². The van der Waals surface area contributed by atoms with Crippen molar-refractivity contribution < 1.29 is 19.1 Å². The average Bonchev–Trinajstić information content (AvgIpc) is 2.10. The van der Waals surface area contributed by atoms with Crippen LogP contribution in [0.1, 0.15) is 20.8 Å². The minimum atomic E-state index is -1.06. The fourth-order valence-electron chi connectivity index (χ4n) is 0.883. The van der Waals surface area contributed by atoms with E-state index in [1.54, 1.807) is 0 Å². The number of hydrogen-bond acceptors (Lipinski definition) is 5. The van der Waals surface area contributed by atoms with Gasteiger partial charge in [0.05, 0.1) is 14.2 Å². The highest BCUT2D eigenvalue weighted by Crippen LogP contribution is 2.03. The molecule has 0 fully saturated rings. The lowest BCUT2D eigenvalue weighted by Crippen LogP contribution is -2.52. The fourth-order valence-corrected chi connectivity index (χ4v) is 0.883. The minimum absolute atomic E-state index is 0.368. The smallest absolute Gasteiger partial charge is 0.334 e. The van der Waals surface area contributed by atoms with E-state index < -0.39 is 18.0 Å². The number of methoxy groups -OCH3 is 2. The largest absolute Gasteiger partial charge is 0.467 e. The van der Waals surface area contributed by atoms with Crippen LogP contribution in [0.5, 0.6) is 0 Å². The number of carbonyl (C=O) groups is 2. The highest BCUT2D eigenvalue weighted by Gasteiger charge is 2.31. The number of hydrogen-bond donors (Lipinski definition) is 1. The lowest BCUT2D eigenvalue weighted by molar-refractivity contribution is -0.156. The molecule has 14 heavy (non-hydrogen) atoms. The minimum Gasteiger partial charge on any atom is -0.467 e. The Kier molecular flexibility index (Phi) is 4.56. The van der Waals surface area contributed by atoms with Gasteiger partial charge in [-0.1, -0.05) is 0 Å². The molecule has 0 aromatic carbocycles. The van der Waals surface area contributed by atoms with Gasteiger partial charge in [-0.05, 0) is 20.8 Å². The van der Waals surface area contributed by atoms with E-state index in [0.717, 1.165) is 0 Å². The molecule has 82 valence electrons. The van der Waals surface area contributed by atoms with Gasteiger partial charge in [-0.3, -0.25) is 5.32 Å². The Morgan fingerprint density at radius 3 is 1.64 bits per heavy atom. The number of esters is 2. The van der Waals surface area contributed by atoms with Crippen LogP contribution < -0.4 is 5.32 Å². The van der Waals surface area contributed by atoms with Crippen molar-refractivity contribution in [3.8, 4) is 0 Å². The van der Waals surface area contributed by atoms with Crippen LogP contribution in [0.15, 0.2) is 0 Å². The molecule has 0 bridgehead atoms. The molecule has 0 unspecified atom stereocenters. The standard InChI is InChI=1S/C9H17NO4/c1-9(2,3)10-6(7(11)13-4)8(12)14-5/h6,10H,1-5H3. The lowest BCUT2D eigenvalue weighted by Gasteiger charge is -2.25. The third-order valence-corrected chi connectivity index (χ3v) is 1.45. The second-order valence-corrected chi connectivity index (χ2v) is 3.87. The van der Waals surface area contributed by atoms with Gasteiger partial charge in [0.2, 0.25) is 6.04 Å². The summed E-state index contributed by atoms with van der Waals surface area (Å²) >= 11 is 0. The zero-order valence-electron chi connectivity index (χ0n) is 9.21. The molecular formula is C9H17NO4. The van der Waals surface area contributed by atoms with Crippen molar-refractivity contribution in [3.63, 3.8) is 0 Å². The van der Waals surface area contributed by atoms with Gasteiger partial charge in [0.25, 0.3) is 0 Å². The molecule has 0 spiro atoms. The molecule has 0 saturated heterocycles. The maximum atomic E-state index is 11.2. The predicted molar refractivity (Wildman–Crippen MR) is 50.7 cm³/mol. The first kappa shape index (κ1) is 12.9. The van der Waals surface area contributed by atoms with Gasteiger partial charge in [-0.15, -0.1) is 0 Å². The zero-order chi connectivity index (χ0) is 11.4. The number of carbonyl (C=O) groups excluding carboxylic acids is 2. The van der Waals surface area contributed by atoms with Gasteiger partial charge >= 0.3 is 11.9 Å². The summed E-state index contributed by atoms with van der Waals surface area (Å²) in [6, 6.07) is -1.06. The Morgan fingerprint density at radius 2 is 1.43 bits per heavy atom. The Bertz CT molecular complexity index is 203. The summed E-state index contributed by atoms with van der Waals surface area (Å²) in [6.45, 7) is 5.52. The molecular weight excluding hydrogens is 186 g/mol. The second-order valence-electron chi connectivity index (χ2n) is 3.87. The van der Waals surface area contributed by atoms with Crippen LogP contribution in [0.4, 0.5) is 0 Å². The van der Waals surface area contributed by atoms with Crippen LogP contribution in [-0.2, 0) is 19.1 Å². The molecule has 0 aliphatic heterocycles. The van der Waals surface area contributed by atoms with Crippen molar-refractivity contribution in [2.24, 2.45) is 0 Å². The van der Waals surface area contributed by atoms with E-state index in [1.165, 1.54) is 14.2 Å². The summed E-state index contributed by atoms with van der Waals surface area (Å²) in [4.78, 5) is 22.4. The Morgan fingerprint density at radius 1 is 1.07 bits per heavy atom. The van der Waals surface area contributed by atoms with Gasteiger partial charge in [-0.2, -0.15) is 0 Å². The maximum Gasteiger partial charge on any atom is 0.334 e. The van der Waals surface area contributed by atoms with Crippen LogP contribution in [0, 0.1) is 0 Å². The third kappa shape index (κ3) is 4.23. The molecule has 0 aromatic heterocycles. The van der Waals surface area contributed by atoms with Crippen LogP contribution >= 0.6 is 0 Å². The van der Waals surface area contributed by atoms with Crippen LogP contribution in [0.25, 0.3) is 0 Å². The predicted octanol–water partition coefficient (Wildman–Crippen LogP) is 0.0891. The van der Waals surface area contributed by atoms with Crippen LogP contribution in [0.2, 0.25) is 0 Å². The van der Waals surface area contributed by atoms with Crippen molar-refractivity contribution in [3.05, 3.63) is 0 Å². The van der Waals surface area contributed by atoms with E-state index in [2.05, 4.69) is 14.8 Å². The van der Waals surface area contributed by atoms with Crippen molar-refractivity contribution in [1.29, 1.82) is 0 Å². The molecule has 0 aromatic rings. The van der Waals surface area contributed by atoms with Crippen LogP contribution in [0.3, 0.4) is 0 Å². The molecule has 0 rings (SSSR count). The first-order valence-electron chi connectivity index (χ1n) is 4.25.